The van der Waals surface area contributed by atoms with Crippen LogP contribution in [0.25, 0.3) is 21.7 Å². The lowest BCUT2D eigenvalue weighted by molar-refractivity contribution is -0.114. The summed E-state index contributed by atoms with van der Waals surface area (Å²) in [5, 5.41) is 3.24. The van der Waals surface area contributed by atoms with E-state index in [4.69, 9.17) is 0 Å². The number of amides is 1. The zero-order valence-corrected chi connectivity index (χ0v) is 10.4. The lowest BCUT2D eigenvalue weighted by Gasteiger charge is -1.92. The second-order valence-electron chi connectivity index (χ2n) is 3.81. The van der Waals surface area contributed by atoms with Gasteiger partial charge in [0.05, 0.1) is 22.1 Å². The number of imidazole rings is 1. The van der Waals surface area contributed by atoms with Gasteiger partial charge in [-0.2, -0.15) is 0 Å². The van der Waals surface area contributed by atoms with Crippen molar-refractivity contribution in [1.29, 1.82) is 0 Å². The van der Waals surface area contributed by atoms with Crippen LogP contribution in [0.1, 0.15) is 6.92 Å². The van der Waals surface area contributed by atoms with Crippen LogP contribution in [0.3, 0.4) is 0 Å². The maximum atomic E-state index is 10.9. The Morgan fingerprint density at radius 3 is 3.00 bits per heavy atom. The zero-order valence-electron chi connectivity index (χ0n) is 9.60. The highest BCUT2D eigenvalue weighted by molar-refractivity contribution is 7.19. The number of anilines is 1. The average Bonchev–Trinajstić information content (AvgIpc) is 2.93. The number of hydrogen-bond donors (Lipinski definition) is 2. The predicted molar refractivity (Wildman–Crippen MR) is 71.5 cm³/mol. The Morgan fingerprint density at radius 2 is 2.22 bits per heavy atom. The van der Waals surface area contributed by atoms with Gasteiger partial charge < -0.3 is 10.3 Å². The molecule has 0 atom stereocenters. The lowest BCUT2D eigenvalue weighted by Crippen LogP contribution is -2.04. The first-order valence-electron chi connectivity index (χ1n) is 5.41. The Morgan fingerprint density at radius 1 is 1.39 bits per heavy atom. The number of aromatic amines is 1. The minimum Gasteiger partial charge on any atom is -0.337 e. The standard InChI is InChI=1S/C12H10N4OS/c1-7(17)14-12-13-6-10(18-12)11-15-8-4-2-3-5-9(8)16-11/h2-6H,1H3,(H,15,16)(H,13,14,17). The van der Waals surface area contributed by atoms with E-state index in [1.165, 1.54) is 18.3 Å². The molecule has 0 saturated heterocycles. The van der Waals surface area contributed by atoms with Gasteiger partial charge in [-0.25, -0.2) is 9.97 Å². The lowest BCUT2D eigenvalue weighted by atomic mass is 10.3. The van der Waals surface area contributed by atoms with Crippen molar-refractivity contribution in [3.8, 4) is 10.7 Å². The number of benzene rings is 1. The van der Waals surface area contributed by atoms with Gasteiger partial charge in [0.25, 0.3) is 0 Å². The molecule has 18 heavy (non-hydrogen) atoms. The summed E-state index contributed by atoms with van der Waals surface area (Å²) in [6.45, 7) is 1.46. The third kappa shape index (κ3) is 1.98. The summed E-state index contributed by atoms with van der Waals surface area (Å²) in [7, 11) is 0. The van der Waals surface area contributed by atoms with Crippen LogP contribution in [-0.4, -0.2) is 20.9 Å². The Hall–Kier alpha value is -2.21. The minimum absolute atomic E-state index is 0.125. The van der Waals surface area contributed by atoms with Gasteiger partial charge in [0.1, 0.15) is 5.82 Å². The monoisotopic (exact) mass is 258 g/mol. The highest BCUT2D eigenvalue weighted by Crippen LogP contribution is 2.28. The molecule has 0 saturated carbocycles. The van der Waals surface area contributed by atoms with Crippen LogP contribution in [0.4, 0.5) is 5.13 Å². The van der Waals surface area contributed by atoms with Crippen molar-refractivity contribution < 1.29 is 4.79 Å². The number of rotatable bonds is 2. The number of para-hydroxylation sites is 2. The molecule has 0 aliphatic heterocycles. The molecule has 0 aliphatic rings. The topological polar surface area (TPSA) is 70.7 Å². The number of carbonyl (C=O) groups is 1. The Bertz CT molecular complexity index is 683. The molecule has 1 amide bonds. The maximum absolute atomic E-state index is 10.9. The van der Waals surface area contributed by atoms with Crippen molar-refractivity contribution in [1.82, 2.24) is 15.0 Å². The fourth-order valence-corrected chi connectivity index (χ4v) is 2.47. The molecule has 5 nitrogen and oxygen atoms in total. The number of nitrogens with zero attached hydrogens (tertiary/aromatic N) is 2. The van der Waals surface area contributed by atoms with E-state index in [0.717, 1.165) is 21.7 Å². The van der Waals surface area contributed by atoms with Crippen LogP contribution < -0.4 is 5.32 Å². The Kier molecular flexibility index (Phi) is 2.56. The highest BCUT2D eigenvalue weighted by atomic mass is 32.1. The van der Waals surface area contributed by atoms with Gasteiger partial charge >= 0.3 is 0 Å². The number of fused-ring (bicyclic) bond motifs is 1. The third-order valence-corrected chi connectivity index (χ3v) is 3.33. The number of aromatic nitrogens is 3. The van der Waals surface area contributed by atoms with E-state index in [1.807, 2.05) is 24.3 Å². The van der Waals surface area contributed by atoms with E-state index in [-0.39, 0.29) is 5.91 Å². The van der Waals surface area contributed by atoms with Crippen LogP contribution in [0.5, 0.6) is 0 Å². The molecule has 1 aromatic carbocycles. The maximum Gasteiger partial charge on any atom is 0.223 e. The van der Waals surface area contributed by atoms with Crippen LogP contribution in [-0.2, 0) is 4.79 Å². The van der Waals surface area contributed by atoms with Gasteiger partial charge in [0.2, 0.25) is 5.91 Å². The van der Waals surface area contributed by atoms with Gasteiger partial charge in [-0.05, 0) is 12.1 Å². The normalized spacial score (nSPS) is 10.7. The molecular formula is C12H10N4OS. The molecule has 0 aliphatic carbocycles. The van der Waals surface area contributed by atoms with Crippen LogP contribution >= 0.6 is 11.3 Å². The van der Waals surface area contributed by atoms with Crippen LogP contribution in [0, 0.1) is 0 Å². The summed E-state index contributed by atoms with van der Waals surface area (Å²) in [4.78, 5) is 23.7. The van der Waals surface area contributed by atoms with E-state index >= 15 is 0 Å². The summed E-state index contributed by atoms with van der Waals surface area (Å²) in [5.74, 6) is 0.644. The molecule has 3 rings (SSSR count). The number of nitrogens with one attached hydrogen (secondary N) is 2. The Labute approximate surface area is 107 Å². The van der Waals surface area contributed by atoms with Crippen molar-refractivity contribution in [3.63, 3.8) is 0 Å². The summed E-state index contributed by atoms with van der Waals surface area (Å²) >= 11 is 1.39. The second kappa shape index (κ2) is 4.23. The van der Waals surface area contributed by atoms with Crippen LogP contribution in [0.15, 0.2) is 30.5 Å². The molecule has 0 bridgehead atoms. The van der Waals surface area contributed by atoms with Crippen molar-refractivity contribution in [2.24, 2.45) is 0 Å². The predicted octanol–water partition coefficient (Wildman–Crippen LogP) is 2.64. The molecule has 0 radical (unpaired) electrons. The van der Waals surface area contributed by atoms with Gasteiger partial charge in [0.15, 0.2) is 5.13 Å². The molecule has 90 valence electrons. The smallest absolute Gasteiger partial charge is 0.223 e. The summed E-state index contributed by atoms with van der Waals surface area (Å²) < 4.78 is 0. The van der Waals surface area contributed by atoms with Gasteiger partial charge in [-0.15, -0.1) is 0 Å². The van der Waals surface area contributed by atoms with Crippen molar-refractivity contribution in [3.05, 3.63) is 30.5 Å². The second-order valence-corrected chi connectivity index (χ2v) is 4.84. The van der Waals surface area contributed by atoms with Gasteiger partial charge in [0, 0.05) is 6.92 Å². The molecular weight excluding hydrogens is 248 g/mol. The molecule has 0 unspecified atom stereocenters. The Balaban J connectivity index is 1.98. The van der Waals surface area contributed by atoms with Crippen molar-refractivity contribution >= 4 is 33.4 Å². The van der Waals surface area contributed by atoms with E-state index in [0.29, 0.717) is 5.13 Å². The van der Waals surface area contributed by atoms with E-state index in [9.17, 15) is 4.79 Å². The number of hydrogen-bond acceptors (Lipinski definition) is 4. The van der Waals surface area contributed by atoms with Gasteiger partial charge in [-0.3, -0.25) is 4.79 Å². The SMILES string of the molecule is CC(=O)Nc1ncc(-c2nc3ccccc3[nH]2)s1. The first kappa shape index (κ1) is 10.9. The molecule has 2 heterocycles. The largest absolute Gasteiger partial charge is 0.337 e. The first-order chi connectivity index (χ1) is 8.72. The summed E-state index contributed by atoms with van der Waals surface area (Å²) in [6.07, 6.45) is 1.70. The minimum atomic E-state index is -0.125. The number of carbonyl (C=O) groups excluding carboxylic acids is 1. The molecule has 2 aromatic heterocycles. The quantitative estimate of drug-likeness (QED) is 0.742. The van der Waals surface area contributed by atoms with E-state index in [2.05, 4.69) is 20.3 Å². The summed E-state index contributed by atoms with van der Waals surface area (Å²) in [6, 6.07) is 7.83. The van der Waals surface area contributed by atoms with E-state index in [1.54, 1.807) is 6.20 Å². The molecule has 0 fully saturated rings. The molecule has 2 N–H and O–H groups in total. The van der Waals surface area contributed by atoms with Gasteiger partial charge in [-0.1, -0.05) is 23.5 Å². The molecule has 0 spiro atoms. The average molecular weight is 258 g/mol. The third-order valence-electron chi connectivity index (χ3n) is 2.41. The first-order valence-corrected chi connectivity index (χ1v) is 6.22. The van der Waals surface area contributed by atoms with Crippen molar-refractivity contribution in [2.45, 2.75) is 6.92 Å². The van der Waals surface area contributed by atoms with E-state index < -0.39 is 0 Å². The number of thiazole rings is 1. The zero-order chi connectivity index (χ0) is 12.5. The van der Waals surface area contributed by atoms with Crippen molar-refractivity contribution in [2.75, 3.05) is 5.32 Å². The fourth-order valence-electron chi connectivity index (χ4n) is 1.66. The number of H-pyrrole nitrogens is 1. The molecule has 6 heteroatoms. The molecule has 3 aromatic rings. The van der Waals surface area contributed by atoms with Crippen LogP contribution in [0.2, 0.25) is 0 Å². The fraction of sp³-hybridized carbons (Fsp3) is 0.0833. The summed E-state index contributed by atoms with van der Waals surface area (Å²) in [5.41, 5.74) is 1.91. The highest BCUT2D eigenvalue weighted by Gasteiger charge is 2.09.